The van der Waals surface area contributed by atoms with Gasteiger partial charge in [-0.3, -0.25) is 14.5 Å². The fourth-order valence-electron chi connectivity index (χ4n) is 4.71. The molecule has 0 aromatic carbocycles. The van der Waals surface area contributed by atoms with Crippen molar-refractivity contribution in [2.45, 2.75) is 31.5 Å². The molecule has 0 bridgehead atoms. The van der Waals surface area contributed by atoms with E-state index >= 15 is 0 Å². The van der Waals surface area contributed by atoms with Crippen LogP contribution in [0.4, 0.5) is 4.79 Å². The van der Waals surface area contributed by atoms with Crippen molar-refractivity contribution in [1.82, 2.24) is 34.3 Å². The van der Waals surface area contributed by atoms with E-state index in [2.05, 4.69) is 42.4 Å². The third-order valence-electron chi connectivity index (χ3n) is 6.15. The lowest BCUT2D eigenvalue weighted by atomic mass is 9.84. The lowest BCUT2D eigenvalue weighted by Gasteiger charge is -2.48. The Morgan fingerprint density at radius 2 is 2.13 bits per heavy atom. The SMILES string of the molecule is COC(=O)N1Cc2nnc(-c3cccs3)n2C2(CCN(Cc3cnn(C)c3)CC2)C1. The number of carbonyl (C=O) groups is 1. The second kappa shape index (κ2) is 7.51. The van der Waals surface area contributed by atoms with Gasteiger partial charge in [-0.15, -0.1) is 21.5 Å². The highest BCUT2D eigenvalue weighted by atomic mass is 32.1. The predicted molar refractivity (Wildman–Crippen MR) is 112 cm³/mol. The Bertz CT molecular complexity index is 1030. The van der Waals surface area contributed by atoms with Crippen LogP contribution in [-0.4, -0.2) is 67.2 Å². The molecule has 158 valence electrons. The third kappa shape index (κ3) is 3.29. The summed E-state index contributed by atoms with van der Waals surface area (Å²) >= 11 is 1.67. The van der Waals surface area contributed by atoms with Gasteiger partial charge < -0.3 is 9.30 Å². The maximum atomic E-state index is 12.4. The van der Waals surface area contributed by atoms with Gasteiger partial charge in [-0.05, 0) is 24.3 Å². The number of fused-ring (bicyclic) bond motifs is 2. The number of thiophene rings is 1. The lowest BCUT2D eigenvalue weighted by Crippen LogP contribution is -2.56. The van der Waals surface area contributed by atoms with E-state index in [9.17, 15) is 4.79 Å². The molecule has 3 aromatic rings. The number of aryl methyl sites for hydroxylation is 1. The summed E-state index contributed by atoms with van der Waals surface area (Å²) in [5.74, 6) is 1.74. The van der Waals surface area contributed by atoms with E-state index in [1.54, 1.807) is 16.2 Å². The number of nitrogens with zero attached hydrogens (tertiary/aromatic N) is 7. The number of hydrogen-bond acceptors (Lipinski definition) is 7. The Kier molecular flexibility index (Phi) is 4.82. The van der Waals surface area contributed by atoms with E-state index in [4.69, 9.17) is 4.74 Å². The average Bonchev–Trinajstić information content (AvgIpc) is 3.50. The molecule has 9 nitrogen and oxygen atoms in total. The van der Waals surface area contributed by atoms with E-state index in [0.29, 0.717) is 13.1 Å². The topological polar surface area (TPSA) is 81.3 Å². The van der Waals surface area contributed by atoms with Gasteiger partial charge in [-0.25, -0.2) is 4.79 Å². The number of ether oxygens (including phenoxy) is 1. The van der Waals surface area contributed by atoms with Gasteiger partial charge in [0.1, 0.15) is 0 Å². The number of rotatable bonds is 3. The van der Waals surface area contributed by atoms with Gasteiger partial charge >= 0.3 is 6.09 Å². The molecule has 0 unspecified atom stereocenters. The molecule has 0 radical (unpaired) electrons. The highest BCUT2D eigenvalue weighted by Gasteiger charge is 2.45. The van der Waals surface area contributed by atoms with Crippen molar-refractivity contribution >= 4 is 17.4 Å². The van der Waals surface area contributed by atoms with Crippen LogP contribution in [0.5, 0.6) is 0 Å². The smallest absolute Gasteiger partial charge is 0.409 e. The number of piperidine rings is 1. The van der Waals surface area contributed by atoms with E-state index < -0.39 is 0 Å². The molecule has 30 heavy (non-hydrogen) atoms. The maximum absolute atomic E-state index is 12.4. The first-order valence-electron chi connectivity index (χ1n) is 10.1. The van der Waals surface area contributed by atoms with Crippen molar-refractivity contribution in [2.75, 3.05) is 26.7 Å². The Labute approximate surface area is 178 Å². The molecule has 0 N–H and O–H groups in total. The summed E-state index contributed by atoms with van der Waals surface area (Å²) in [6.07, 6.45) is 5.53. The van der Waals surface area contributed by atoms with Crippen molar-refractivity contribution in [3.8, 4) is 10.7 Å². The number of likely N-dealkylation sites (tertiary alicyclic amines) is 1. The fraction of sp³-hybridized carbons (Fsp3) is 0.500. The van der Waals surface area contributed by atoms with Crippen LogP contribution in [0.2, 0.25) is 0 Å². The molecule has 5 rings (SSSR count). The predicted octanol–water partition coefficient (Wildman–Crippen LogP) is 2.31. The quantitative estimate of drug-likeness (QED) is 0.638. The highest BCUT2D eigenvalue weighted by molar-refractivity contribution is 7.13. The van der Waals surface area contributed by atoms with E-state index in [1.807, 2.05) is 24.0 Å². The van der Waals surface area contributed by atoms with Crippen LogP contribution < -0.4 is 0 Å². The Hall–Kier alpha value is -2.72. The largest absolute Gasteiger partial charge is 0.453 e. The van der Waals surface area contributed by atoms with E-state index in [-0.39, 0.29) is 11.6 Å². The molecule has 1 fully saturated rings. The highest BCUT2D eigenvalue weighted by Crippen LogP contribution is 2.40. The molecule has 0 atom stereocenters. The molecular weight excluding hydrogens is 402 g/mol. The summed E-state index contributed by atoms with van der Waals surface area (Å²) < 4.78 is 9.18. The summed E-state index contributed by atoms with van der Waals surface area (Å²) in [5, 5.41) is 15.3. The molecule has 0 saturated carbocycles. The normalized spacial score (nSPS) is 18.5. The molecule has 2 aliphatic heterocycles. The van der Waals surface area contributed by atoms with Crippen molar-refractivity contribution in [3.63, 3.8) is 0 Å². The van der Waals surface area contributed by atoms with Crippen LogP contribution in [0.1, 0.15) is 24.2 Å². The van der Waals surface area contributed by atoms with Gasteiger partial charge in [0.05, 0.1) is 30.3 Å². The number of methoxy groups -OCH3 is 1. The van der Waals surface area contributed by atoms with Crippen LogP contribution in [0.25, 0.3) is 10.7 Å². The number of carbonyl (C=O) groups excluding carboxylic acids is 1. The second-order valence-electron chi connectivity index (χ2n) is 8.10. The average molecular weight is 428 g/mol. The Morgan fingerprint density at radius 3 is 2.80 bits per heavy atom. The summed E-state index contributed by atoms with van der Waals surface area (Å²) in [6.45, 7) is 3.80. The van der Waals surface area contributed by atoms with Crippen molar-refractivity contribution in [1.29, 1.82) is 0 Å². The number of aromatic nitrogens is 5. The number of amides is 1. The first kappa shape index (κ1) is 19.3. The Morgan fingerprint density at radius 1 is 1.30 bits per heavy atom. The van der Waals surface area contributed by atoms with E-state index in [0.717, 1.165) is 49.0 Å². The Balaban J connectivity index is 1.45. The van der Waals surface area contributed by atoms with Crippen LogP contribution in [0, 0.1) is 0 Å². The zero-order chi connectivity index (χ0) is 20.7. The molecule has 0 aliphatic carbocycles. The van der Waals surface area contributed by atoms with Crippen molar-refractivity contribution in [3.05, 3.63) is 41.3 Å². The summed E-state index contributed by atoms with van der Waals surface area (Å²) in [5.41, 5.74) is 0.994. The summed E-state index contributed by atoms with van der Waals surface area (Å²) in [4.78, 5) is 17.7. The molecule has 1 spiro atoms. The first-order valence-corrected chi connectivity index (χ1v) is 11.0. The van der Waals surface area contributed by atoms with Crippen molar-refractivity contribution < 1.29 is 9.53 Å². The summed E-state index contributed by atoms with van der Waals surface area (Å²) in [7, 11) is 3.37. The van der Waals surface area contributed by atoms with Gasteiger partial charge in [0.15, 0.2) is 11.6 Å². The van der Waals surface area contributed by atoms with Crippen LogP contribution >= 0.6 is 11.3 Å². The molecular formula is C20H25N7O2S. The van der Waals surface area contributed by atoms with Gasteiger partial charge in [0, 0.05) is 45.0 Å². The molecule has 1 saturated heterocycles. The minimum atomic E-state index is -0.306. The molecule has 1 amide bonds. The van der Waals surface area contributed by atoms with Crippen LogP contribution in [-0.2, 0) is 30.4 Å². The minimum absolute atomic E-state index is 0.226. The van der Waals surface area contributed by atoms with Crippen molar-refractivity contribution in [2.24, 2.45) is 7.05 Å². The lowest BCUT2D eigenvalue weighted by molar-refractivity contribution is 0.0342. The minimum Gasteiger partial charge on any atom is -0.453 e. The molecule has 3 aromatic heterocycles. The maximum Gasteiger partial charge on any atom is 0.409 e. The molecule has 10 heteroatoms. The second-order valence-corrected chi connectivity index (χ2v) is 9.05. The van der Waals surface area contributed by atoms with Crippen LogP contribution in [0.15, 0.2) is 29.9 Å². The standard InChI is InChI=1S/C20H25N7O2S/c1-24-11-15(10-21-24)12-25-7-5-20(6-8-25)14-26(19(28)29-2)13-17-22-23-18(27(17)20)16-4-3-9-30-16/h3-4,9-11H,5-8,12-14H2,1-2H3. The zero-order valence-corrected chi connectivity index (χ0v) is 18.0. The monoisotopic (exact) mass is 427 g/mol. The molecule has 5 heterocycles. The van der Waals surface area contributed by atoms with E-state index in [1.165, 1.54) is 12.7 Å². The zero-order valence-electron chi connectivity index (χ0n) is 17.2. The van der Waals surface area contributed by atoms with Gasteiger partial charge in [0.25, 0.3) is 0 Å². The third-order valence-corrected chi connectivity index (χ3v) is 7.01. The van der Waals surface area contributed by atoms with Gasteiger partial charge in [0.2, 0.25) is 0 Å². The fourth-order valence-corrected chi connectivity index (χ4v) is 5.41. The molecule has 2 aliphatic rings. The van der Waals surface area contributed by atoms with Gasteiger partial charge in [-0.1, -0.05) is 6.07 Å². The first-order chi connectivity index (χ1) is 14.6. The summed E-state index contributed by atoms with van der Waals surface area (Å²) in [6, 6.07) is 4.12. The van der Waals surface area contributed by atoms with Crippen LogP contribution in [0.3, 0.4) is 0 Å². The number of hydrogen-bond donors (Lipinski definition) is 0. The van der Waals surface area contributed by atoms with Gasteiger partial charge in [-0.2, -0.15) is 5.10 Å².